The summed E-state index contributed by atoms with van der Waals surface area (Å²) < 4.78 is 41.0. The molecule has 248 valence electrons. The van der Waals surface area contributed by atoms with Crippen molar-refractivity contribution < 1.29 is 32.1 Å². The SMILES string of the molecule is CNC(=O)c1ccccc1Nc1nc(Nc2cccc(CC(=O)OCCCCOc3nonc3S(=O)(=O)c3ccccc3)c2)ncc1Cl. The zero-order valence-corrected chi connectivity index (χ0v) is 27.1. The van der Waals surface area contributed by atoms with E-state index in [1.807, 2.05) is 0 Å². The molecule has 0 aliphatic rings. The lowest BCUT2D eigenvalue weighted by atomic mass is 10.1. The Bertz CT molecular complexity index is 1990. The van der Waals surface area contributed by atoms with Crippen molar-refractivity contribution in [2.24, 2.45) is 0 Å². The lowest BCUT2D eigenvalue weighted by Gasteiger charge is -2.13. The Morgan fingerprint density at radius 1 is 0.917 bits per heavy atom. The molecule has 48 heavy (non-hydrogen) atoms. The molecule has 0 atom stereocenters. The predicted octanol–water partition coefficient (Wildman–Crippen LogP) is 5.14. The maximum absolute atomic E-state index is 12.8. The first-order chi connectivity index (χ1) is 23.2. The summed E-state index contributed by atoms with van der Waals surface area (Å²) in [7, 11) is -2.40. The van der Waals surface area contributed by atoms with Gasteiger partial charge in [-0.25, -0.2) is 18.0 Å². The molecule has 0 aliphatic carbocycles. The van der Waals surface area contributed by atoms with Crippen molar-refractivity contribution in [2.45, 2.75) is 29.2 Å². The van der Waals surface area contributed by atoms with Gasteiger partial charge >= 0.3 is 5.97 Å². The number of ether oxygens (including phenoxy) is 2. The minimum Gasteiger partial charge on any atom is -0.473 e. The second-order valence-electron chi connectivity index (χ2n) is 10.1. The fourth-order valence-electron chi connectivity index (χ4n) is 4.37. The van der Waals surface area contributed by atoms with Gasteiger partial charge in [0.05, 0.1) is 42.0 Å². The predicted molar refractivity (Wildman–Crippen MR) is 175 cm³/mol. The molecule has 0 bridgehead atoms. The van der Waals surface area contributed by atoms with E-state index in [9.17, 15) is 18.0 Å². The van der Waals surface area contributed by atoms with Crippen molar-refractivity contribution in [3.05, 3.63) is 101 Å². The molecule has 5 rings (SSSR count). The number of rotatable bonds is 15. The highest BCUT2D eigenvalue weighted by Crippen LogP contribution is 2.28. The molecule has 16 heteroatoms. The molecular formula is C32H30ClN7O7S. The van der Waals surface area contributed by atoms with Crippen LogP contribution >= 0.6 is 11.6 Å². The first kappa shape index (κ1) is 33.8. The third-order valence-electron chi connectivity index (χ3n) is 6.71. The number of esters is 1. The molecule has 0 aliphatic heterocycles. The highest BCUT2D eigenvalue weighted by molar-refractivity contribution is 7.91. The number of aromatic nitrogens is 4. The molecule has 0 fully saturated rings. The molecule has 0 saturated heterocycles. The van der Waals surface area contributed by atoms with Crippen molar-refractivity contribution in [3.8, 4) is 5.88 Å². The number of nitrogens with zero attached hydrogens (tertiary/aromatic N) is 4. The van der Waals surface area contributed by atoms with Crippen LogP contribution < -0.4 is 20.7 Å². The summed E-state index contributed by atoms with van der Waals surface area (Å²) in [4.78, 5) is 33.5. The number of carbonyl (C=O) groups is 2. The van der Waals surface area contributed by atoms with Crippen LogP contribution in [0.4, 0.5) is 23.1 Å². The van der Waals surface area contributed by atoms with E-state index in [-0.39, 0.29) is 47.3 Å². The van der Waals surface area contributed by atoms with Crippen LogP contribution in [0.2, 0.25) is 5.02 Å². The van der Waals surface area contributed by atoms with Gasteiger partial charge in [0.2, 0.25) is 15.8 Å². The topological polar surface area (TPSA) is 188 Å². The number of para-hydroxylation sites is 1. The summed E-state index contributed by atoms with van der Waals surface area (Å²) in [5.74, 6) is -0.376. The van der Waals surface area contributed by atoms with E-state index in [2.05, 4.69) is 40.9 Å². The van der Waals surface area contributed by atoms with E-state index >= 15 is 0 Å². The van der Waals surface area contributed by atoms with Crippen molar-refractivity contribution in [2.75, 3.05) is 30.9 Å². The van der Waals surface area contributed by atoms with E-state index in [0.29, 0.717) is 41.2 Å². The summed E-state index contributed by atoms with van der Waals surface area (Å²) in [5.41, 5.74) is 2.28. The maximum Gasteiger partial charge on any atom is 0.310 e. The zero-order valence-electron chi connectivity index (χ0n) is 25.6. The van der Waals surface area contributed by atoms with Crippen molar-refractivity contribution in [1.82, 2.24) is 25.6 Å². The molecular weight excluding hydrogens is 662 g/mol. The number of amides is 1. The summed E-state index contributed by atoms with van der Waals surface area (Å²) in [5, 5.41) is 15.7. The Morgan fingerprint density at radius 2 is 1.69 bits per heavy atom. The molecule has 2 heterocycles. The fraction of sp³-hybridized carbons (Fsp3) is 0.188. The Labute approximate surface area is 280 Å². The molecule has 3 aromatic carbocycles. The molecule has 0 radical (unpaired) electrons. The number of anilines is 4. The number of hydrogen-bond donors (Lipinski definition) is 3. The van der Waals surface area contributed by atoms with E-state index in [4.69, 9.17) is 21.1 Å². The summed E-state index contributed by atoms with van der Waals surface area (Å²) in [6.45, 7) is 0.255. The minimum absolute atomic E-state index is 0.0297. The van der Waals surface area contributed by atoms with Gasteiger partial charge < -0.3 is 25.4 Å². The lowest BCUT2D eigenvalue weighted by Crippen LogP contribution is -2.19. The second-order valence-corrected chi connectivity index (χ2v) is 12.4. The van der Waals surface area contributed by atoms with Gasteiger partial charge in [-0.2, -0.15) is 4.98 Å². The van der Waals surface area contributed by atoms with Gasteiger partial charge in [-0.3, -0.25) is 9.59 Å². The van der Waals surface area contributed by atoms with Crippen molar-refractivity contribution in [3.63, 3.8) is 0 Å². The van der Waals surface area contributed by atoms with Crippen LogP contribution in [0.1, 0.15) is 28.8 Å². The summed E-state index contributed by atoms with van der Waals surface area (Å²) >= 11 is 6.33. The molecule has 1 amide bonds. The minimum atomic E-state index is -3.95. The normalized spacial score (nSPS) is 11.0. The van der Waals surface area contributed by atoms with E-state index in [1.165, 1.54) is 18.3 Å². The van der Waals surface area contributed by atoms with Crippen LogP contribution in [0.3, 0.4) is 0 Å². The van der Waals surface area contributed by atoms with Gasteiger partial charge in [-0.1, -0.05) is 54.1 Å². The zero-order chi connectivity index (χ0) is 33.9. The Balaban J connectivity index is 1.08. The standard InChI is InChI=1S/C32H30ClN7O7S/c1-34-29(42)24-14-5-6-15-26(24)37-28-25(33)20-35-32(38-28)36-22-11-9-10-21(18-22)19-27(41)45-16-7-8-17-46-30-31(40-47-39-30)48(43,44)23-12-3-2-4-13-23/h2-6,9-15,18,20H,7-8,16-17,19H2,1H3,(H,34,42)(H2,35,36,37,38). The number of hydrogen-bond acceptors (Lipinski definition) is 13. The second kappa shape index (κ2) is 15.8. The summed E-state index contributed by atoms with van der Waals surface area (Å²) in [6, 6.07) is 21.9. The average Bonchev–Trinajstić information content (AvgIpc) is 3.58. The summed E-state index contributed by atoms with van der Waals surface area (Å²) in [6.07, 6.45) is 2.39. The van der Waals surface area contributed by atoms with E-state index in [0.717, 1.165) is 0 Å². The molecule has 2 aromatic heterocycles. The van der Waals surface area contributed by atoms with Crippen molar-refractivity contribution >= 4 is 56.5 Å². The number of nitrogens with one attached hydrogen (secondary N) is 3. The van der Waals surface area contributed by atoms with Gasteiger partial charge in [-0.05, 0) is 65.1 Å². The third kappa shape index (κ3) is 8.63. The highest BCUT2D eigenvalue weighted by Gasteiger charge is 2.28. The Kier molecular flexibility index (Phi) is 11.2. The van der Waals surface area contributed by atoms with Crippen LogP contribution in [-0.4, -0.2) is 60.8 Å². The van der Waals surface area contributed by atoms with E-state index < -0.39 is 20.8 Å². The Morgan fingerprint density at radius 3 is 2.50 bits per heavy atom. The quantitative estimate of drug-likeness (QED) is 0.0968. The fourth-order valence-corrected chi connectivity index (χ4v) is 5.70. The van der Waals surface area contributed by atoms with Crippen LogP contribution in [0, 0.1) is 0 Å². The Hall–Kier alpha value is -5.54. The molecule has 14 nitrogen and oxygen atoms in total. The number of unbranched alkanes of at least 4 members (excludes halogenated alkanes) is 1. The molecule has 0 saturated carbocycles. The van der Waals surface area contributed by atoms with Crippen molar-refractivity contribution in [1.29, 1.82) is 0 Å². The average molecular weight is 692 g/mol. The van der Waals surface area contributed by atoms with Gasteiger partial charge in [0.1, 0.15) is 5.02 Å². The van der Waals surface area contributed by atoms with Crippen LogP contribution in [0.15, 0.2) is 99.6 Å². The lowest BCUT2D eigenvalue weighted by molar-refractivity contribution is -0.143. The first-order valence-corrected chi connectivity index (χ1v) is 16.5. The van der Waals surface area contributed by atoms with Crippen LogP contribution in [-0.2, 0) is 25.8 Å². The molecule has 0 unspecified atom stereocenters. The first-order valence-electron chi connectivity index (χ1n) is 14.6. The molecule has 3 N–H and O–H groups in total. The highest BCUT2D eigenvalue weighted by atomic mass is 35.5. The van der Waals surface area contributed by atoms with Gasteiger partial charge in [0, 0.05) is 12.7 Å². The maximum atomic E-state index is 12.8. The molecule has 0 spiro atoms. The number of halogens is 1. The van der Waals surface area contributed by atoms with E-state index in [1.54, 1.807) is 73.8 Å². The smallest absolute Gasteiger partial charge is 0.310 e. The number of benzene rings is 3. The van der Waals surface area contributed by atoms with Gasteiger partial charge in [0.15, 0.2) is 5.82 Å². The number of sulfone groups is 1. The van der Waals surface area contributed by atoms with Crippen LogP contribution in [0.25, 0.3) is 0 Å². The number of carbonyl (C=O) groups excluding carboxylic acids is 2. The largest absolute Gasteiger partial charge is 0.473 e. The monoisotopic (exact) mass is 691 g/mol. The van der Waals surface area contributed by atoms with Gasteiger partial charge in [0.25, 0.3) is 16.8 Å². The third-order valence-corrected chi connectivity index (χ3v) is 8.63. The van der Waals surface area contributed by atoms with Gasteiger partial charge in [-0.15, -0.1) is 0 Å². The molecule has 5 aromatic rings. The van der Waals surface area contributed by atoms with Crippen LogP contribution in [0.5, 0.6) is 5.88 Å².